The number of nitrogens with one attached hydrogen (secondary N) is 1. The first-order valence-corrected chi connectivity index (χ1v) is 5.82. The van der Waals surface area contributed by atoms with E-state index in [0.29, 0.717) is 0 Å². The van der Waals surface area contributed by atoms with Crippen LogP contribution in [0.25, 0.3) is 6.08 Å². The normalized spacial score (nSPS) is 11.1. The van der Waals surface area contributed by atoms with Crippen LogP contribution in [0.3, 0.4) is 0 Å². The van der Waals surface area contributed by atoms with Gasteiger partial charge in [-0.05, 0) is 30.7 Å². The predicted octanol–water partition coefficient (Wildman–Crippen LogP) is 2.98. The van der Waals surface area contributed by atoms with E-state index in [1.54, 1.807) is 7.11 Å². The van der Waals surface area contributed by atoms with Crippen LogP contribution in [0.1, 0.15) is 12.0 Å². The van der Waals surface area contributed by atoms with Crippen LogP contribution in [0.15, 0.2) is 30.3 Å². The molecule has 88 valence electrons. The molecule has 0 saturated carbocycles. The number of hydrogen-bond donors (Lipinski definition) is 1. The average Bonchev–Trinajstić information content (AvgIpc) is 2.28. The Hall–Kier alpha value is -0.830. The fourth-order valence-electron chi connectivity index (χ4n) is 1.31. The lowest BCUT2D eigenvalue weighted by Crippen LogP contribution is -2.19. The lowest BCUT2D eigenvalue weighted by atomic mass is 10.2. The highest BCUT2D eigenvalue weighted by molar-refractivity contribution is 6.30. The predicted molar refractivity (Wildman–Crippen MR) is 69.8 cm³/mol. The van der Waals surface area contributed by atoms with E-state index in [1.807, 2.05) is 24.3 Å². The first kappa shape index (κ1) is 13.2. The molecule has 0 unspecified atom stereocenters. The molecule has 1 aromatic carbocycles. The Kier molecular flexibility index (Phi) is 6.90. The minimum absolute atomic E-state index is 0.762. The molecule has 0 radical (unpaired) electrons. The maximum Gasteiger partial charge on any atom is 0.0587 e. The van der Waals surface area contributed by atoms with Crippen LogP contribution in [0, 0.1) is 0 Å². The first-order chi connectivity index (χ1) is 7.83. The van der Waals surface area contributed by atoms with Crippen molar-refractivity contribution in [1.29, 1.82) is 0 Å². The van der Waals surface area contributed by atoms with Crippen LogP contribution in [-0.4, -0.2) is 26.8 Å². The van der Waals surface area contributed by atoms with Crippen molar-refractivity contribution < 1.29 is 4.74 Å². The van der Waals surface area contributed by atoms with Gasteiger partial charge in [-0.15, -0.1) is 0 Å². The quantitative estimate of drug-likeness (QED) is 0.739. The second-order valence-electron chi connectivity index (χ2n) is 3.49. The molecule has 0 amide bonds. The molecule has 0 fully saturated rings. The van der Waals surface area contributed by atoms with E-state index < -0.39 is 0 Å². The molecule has 16 heavy (non-hydrogen) atoms. The minimum Gasteiger partial charge on any atom is -0.383 e. The van der Waals surface area contributed by atoms with Crippen LogP contribution in [0.4, 0.5) is 0 Å². The van der Waals surface area contributed by atoms with E-state index in [9.17, 15) is 0 Å². The van der Waals surface area contributed by atoms with Gasteiger partial charge in [0.1, 0.15) is 0 Å². The van der Waals surface area contributed by atoms with Gasteiger partial charge in [0, 0.05) is 18.7 Å². The van der Waals surface area contributed by atoms with E-state index in [0.717, 1.165) is 36.7 Å². The number of benzene rings is 1. The van der Waals surface area contributed by atoms with Gasteiger partial charge in [0.15, 0.2) is 0 Å². The topological polar surface area (TPSA) is 21.3 Å². The summed E-state index contributed by atoms with van der Waals surface area (Å²) < 4.78 is 4.94. The van der Waals surface area contributed by atoms with Gasteiger partial charge in [-0.1, -0.05) is 35.9 Å². The molecule has 1 rings (SSSR count). The minimum atomic E-state index is 0.762. The molecule has 0 aliphatic carbocycles. The van der Waals surface area contributed by atoms with Gasteiger partial charge < -0.3 is 10.1 Å². The second-order valence-corrected chi connectivity index (χ2v) is 3.93. The van der Waals surface area contributed by atoms with Gasteiger partial charge >= 0.3 is 0 Å². The maximum absolute atomic E-state index is 5.88. The maximum atomic E-state index is 5.88. The zero-order valence-corrected chi connectivity index (χ0v) is 10.3. The fourth-order valence-corrected chi connectivity index (χ4v) is 1.51. The third-order valence-electron chi connectivity index (χ3n) is 2.13. The lowest BCUT2D eigenvalue weighted by Gasteiger charge is -2.00. The number of ether oxygens (including phenoxy) is 1. The van der Waals surface area contributed by atoms with Gasteiger partial charge in [0.25, 0.3) is 0 Å². The fraction of sp³-hybridized carbons (Fsp3) is 0.385. The lowest BCUT2D eigenvalue weighted by molar-refractivity contribution is 0.199. The first-order valence-electron chi connectivity index (χ1n) is 5.44. The molecule has 3 heteroatoms. The Morgan fingerprint density at radius 3 is 3.00 bits per heavy atom. The van der Waals surface area contributed by atoms with E-state index in [2.05, 4.69) is 17.5 Å². The Balaban J connectivity index is 2.17. The van der Waals surface area contributed by atoms with E-state index in [1.165, 1.54) is 0 Å². The van der Waals surface area contributed by atoms with Crippen molar-refractivity contribution in [2.75, 3.05) is 26.8 Å². The van der Waals surface area contributed by atoms with Gasteiger partial charge in [0.2, 0.25) is 0 Å². The summed E-state index contributed by atoms with van der Waals surface area (Å²) in [6.07, 6.45) is 5.24. The smallest absolute Gasteiger partial charge is 0.0587 e. The SMILES string of the molecule is COCCNCCC=Cc1cccc(Cl)c1. The summed E-state index contributed by atoms with van der Waals surface area (Å²) in [6.45, 7) is 2.64. The van der Waals surface area contributed by atoms with Crippen molar-refractivity contribution in [2.45, 2.75) is 6.42 Å². The van der Waals surface area contributed by atoms with Crippen LogP contribution in [-0.2, 0) is 4.74 Å². The van der Waals surface area contributed by atoms with E-state index in [-0.39, 0.29) is 0 Å². The zero-order valence-electron chi connectivity index (χ0n) is 9.58. The Labute approximate surface area is 102 Å². The molecule has 0 saturated heterocycles. The molecule has 1 aromatic rings. The number of rotatable bonds is 7. The highest BCUT2D eigenvalue weighted by Gasteiger charge is 1.88. The Morgan fingerprint density at radius 1 is 1.38 bits per heavy atom. The van der Waals surface area contributed by atoms with Gasteiger partial charge in [-0.25, -0.2) is 0 Å². The van der Waals surface area contributed by atoms with Crippen molar-refractivity contribution in [3.05, 3.63) is 40.9 Å². The largest absolute Gasteiger partial charge is 0.383 e. The van der Waals surface area contributed by atoms with Crippen LogP contribution < -0.4 is 5.32 Å². The molecule has 0 heterocycles. The molecular weight excluding hydrogens is 222 g/mol. The van der Waals surface area contributed by atoms with Crippen LogP contribution in [0.5, 0.6) is 0 Å². The third kappa shape index (κ3) is 5.91. The highest BCUT2D eigenvalue weighted by Crippen LogP contribution is 2.11. The summed E-state index contributed by atoms with van der Waals surface area (Å²) in [5, 5.41) is 4.06. The molecule has 0 spiro atoms. The van der Waals surface area contributed by atoms with Gasteiger partial charge in [-0.2, -0.15) is 0 Å². The number of hydrogen-bond acceptors (Lipinski definition) is 2. The van der Waals surface area contributed by atoms with Crippen LogP contribution in [0.2, 0.25) is 5.02 Å². The molecular formula is C13H18ClNO. The van der Waals surface area contributed by atoms with Crippen molar-refractivity contribution >= 4 is 17.7 Å². The van der Waals surface area contributed by atoms with Gasteiger partial charge in [0.05, 0.1) is 6.61 Å². The molecule has 0 aliphatic heterocycles. The summed E-state index contributed by atoms with van der Waals surface area (Å²) in [7, 11) is 1.71. The zero-order chi connectivity index (χ0) is 11.6. The summed E-state index contributed by atoms with van der Waals surface area (Å²) in [4.78, 5) is 0. The standard InChI is InChI=1S/C13H18ClNO/c1-16-10-9-15-8-3-2-5-12-6-4-7-13(14)11-12/h2,4-7,11,15H,3,8-10H2,1H3. The Morgan fingerprint density at radius 2 is 2.25 bits per heavy atom. The molecule has 1 N–H and O–H groups in total. The molecule has 0 bridgehead atoms. The summed E-state index contributed by atoms with van der Waals surface area (Å²) in [5.41, 5.74) is 1.14. The Bertz CT molecular complexity index is 325. The van der Waals surface area contributed by atoms with E-state index in [4.69, 9.17) is 16.3 Å². The highest BCUT2D eigenvalue weighted by atomic mass is 35.5. The number of halogens is 1. The molecule has 0 aliphatic rings. The second kappa shape index (κ2) is 8.34. The van der Waals surface area contributed by atoms with Crippen LogP contribution >= 0.6 is 11.6 Å². The average molecular weight is 240 g/mol. The summed E-state index contributed by atoms with van der Waals surface area (Å²) in [5.74, 6) is 0. The monoisotopic (exact) mass is 239 g/mol. The molecule has 0 atom stereocenters. The summed E-state index contributed by atoms with van der Waals surface area (Å²) in [6, 6.07) is 7.83. The third-order valence-corrected chi connectivity index (χ3v) is 2.36. The number of methoxy groups -OCH3 is 1. The van der Waals surface area contributed by atoms with Gasteiger partial charge in [-0.3, -0.25) is 0 Å². The molecule has 2 nitrogen and oxygen atoms in total. The summed E-state index contributed by atoms with van der Waals surface area (Å²) >= 11 is 5.88. The van der Waals surface area contributed by atoms with Crippen molar-refractivity contribution in [3.8, 4) is 0 Å². The van der Waals surface area contributed by atoms with Crippen molar-refractivity contribution in [1.82, 2.24) is 5.32 Å². The molecule has 0 aromatic heterocycles. The van der Waals surface area contributed by atoms with Crippen molar-refractivity contribution in [2.24, 2.45) is 0 Å². The van der Waals surface area contributed by atoms with Crippen molar-refractivity contribution in [3.63, 3.8) is 0 Å². The van der Waals surface area contributed by atoms with E-state index >= 15 is 0 Å².